The van der Waals surface area contributed by atoms with Crippen LogP contribution in [0.25, 0.3) is 0 Å². The minimum absolute atomic E-state index is 0.327. The second-order valence-electron chi connectivity index (χ2n) is 5.65. The lowest BCUT2D eigenvalue weighted by Crippen LogP contribution is -2.27. The van der Waals surface area contributed by atoms with Gasteiger partial charge in [-0.25, -0.2) is 4.68 Å². The monoisotopic (exact) mass is 283 g/mol. The molecule has 1 N–H and O–H groups in total. The number of halogens is 1. The van der Waals surface area contributed by atoms with E-state index in [1.54, 1.807) is 6.20 Å². The van der Waals surface area contributed by atoms with E-state index in [0.29, 0.717) is 17.3 Å². The van der Waals surface area contributed by atoms with E-state index in [1.165, 1.54) is 32.1 Å². The Morgan fingerprint density at radius 1 is 1.26 bits per heavy atom. The molecule has 1 saturated carbocycles. The first-order valence-electron chi connectivity index (χ1n) is 7.44. The Bertz CT molecular complexity index is 409. The van der Waals surface area contributed by atoms with E-state index in [1.807, 2.05) is 4.68 Å². The topological polar surface area (TPSA) is 39.1 Å². The molecule has 1 aromatic rings. The normalized spacial score (nSPS) is 24.8. The van der Waals surface area contributed by atoms with E-state index < -0.39 is 0 Å². The summed E-state index contributed by atoms with van der Waals surface area (Å²) in [6.45, 7) is 1.95. The summed E-state index contributed by atoms with van der Waals surface area (Å²) in [5.41, 5.74) is 0. The summed E-state index contributed by atoms with van der Waals surface area (Å²) in [6, 6.07) is 0.500. The molecular weight excluding hydrogens is 262 g/mol. The lowest BCUT2D eigenvalue weighted by Gasteiger charge is -2.22. The van der Waals surface area contributed by atoms with Gasteiger partial charge in [0.1, 0.15) is 0 Å². The smallest absolute Gasteiger partial charge is 0.176 e. The Kier molecular flexibility index (Phi) is 4.28. The minimum Gasteiger partial charge on any atom is -0.486 e. The zero-order chi connectivity index (χ0) is 13.1. The van der Waals surface area contributed by atoms with Crippen LogP contribution in [0.15, 0.2) is 6.20 Å². The van der Waals surface area contributed by atoms with Crippen LogP contribution in [0.3, 0.4) is 0 Å². The molecule has 5 heteroatoms. The first-order valence-corrected chi connectivity index (χ1v) is 7.82. The van der Waals surface area contributed by atoms with Crippen molar-refractivity contribution in [2.45, 2.75) is 63.6 Å². The molecule has 0 bridgehead atoms. The standard InChI is InChI=1S/C14H22ClN3O/c15-14-13(19-12-6-2-1-3-7-12)9-17-18(14)10-11-5-4-8-16-11/h9,11-12,16H,1-8,10H2. The van der Waals surface area contributed by atoms with Gasteiger partial charge in [-0.3, -0.25) is 0 Å². The van der Waals surface area contributed by atoms with Gasteiger partial charge < -0.3 is 10.1 Å². The van der Waals surface area contributed by atoms with Crippen LogP contribution < -0.4 is 10.1 Å². The molecule has 0 spiro atoms. The molecule has 1 atom stereocenters. The van der Waals surface area contributed by atoms with Crippen molar-refractivity contribution in [3.8, 4) is 5.75 Å². The summed E-state index contributed by atoms with van der Waals surface area (Å²) >= 11 is 6.37. The predicted molar refractivity (Wildman–Crippen MR) is 75.8 cm³/mol. The molecule has 0 amide bonds. The Hall–Kier alpha value is -0.740. The summed E-state index contributed by atoms with van der Waals surface area (Å²) in [6.07, 6.45) is 10.7. The molecule has 19 heavy (non-hydrogen) atoms. The maximum Gasteiger partial charge on any atom is 0.176 e. The molecular formula is C14H22ClN3O. The van der Waals surface area contributed by atoms with Gasteiger partial charge in [0.05, 0.1) is 18.8 Å². The average molecular weight is 284 g/mol. The number of hydrogen-bond donors (Lipinski definition) is 1. The second kappa shape index (κ2) is 6.14. The third kappa shape index (κ3) is 3.23. The fourth-order valence-electron chi connectivity index (χ4n) is 3.04. The van der Waals surface area contributed by atoms with Gasteiger partial charge in [-0.05, 0) is 45.1 Å². The molecule has 0 aromatic carbocycles. The summed E-state index contributed by atoms with van der Waals surface area (Å²) in [7, 11) is 0. The molecule has 0 radical (unpaired) electrons. The lowest BCUT2D eigenvalue weighted by molar-refractivity contribution is 0.155. The number of nitrogens with zero attached hydrogens (tertiary/aromatic N) is 2. The van der Waals surface area contributed by atoms with Crippen molar-refractivity contribution >= 4 is 11.6 Å². The zero-order valence-electron chi connectivity index (χ0n) is 11.3. The largest absolute Gasteiger partial charge is 0.486 e. The van der Waals surface area contributed by atoms with E-state index in [-0.39, 0.29) is 0 Å². The first kappa shape index (κ1) is 13.3. The highest BCUT2D eigenvalue weighted by atomic mass is 35.5. The summed E-state index contributed by atoms with van der Waals surface area (Å²) in [5.74, 6) is 0.756. The lowest BCUT2D eigenvalue weighted by atomic mass is 9.98. The highest BCUT2D eigenvalue weighted by Gasteiger charge is 2.21. The van der Waals surface area contributed by atoms with Crippen LogP contribution in [0, 0.1) is 0 Å². The molecule has 2 aliphatic rings. The number of aromatic nitrogens is 2. The maximum absolute atomic E-state index is 6.37. The van der Waals surface area contributed by atoms with Crippen LogP contribution in [-0.2, 0) is 6.54 Å². The van der Waals surface area contributed by atoms with Gasteiger partial charge in [0, 0.05) is 6.04 Å². The van der Waals surface area contributed by atoms with E-state index in [0.717, 1.165) is 31.7 Å². The van der Waals surface area contributed by atoms with Gasteiger partial charge in [0.2, 0.25) is 0 Å². The van der Waals surface area contributed by atoms with E-state index in [9.17, 15) is 0 Å². The summed E-state index contributed by atoms with van der Waals surface area (Å²) in [4.78, 5) is 0. The molecule has 1 aliphatic heterocycles. The van der Waals surface area contributed by atoms with Gasteiger partial charge in [-0.15, -0.1) is 0 Å². The Morgan fingerprint density at radius 2 is 2.11 bits per heavy atom. The van der Waals surface area contributed by atoms with Crippen LogP contribution in [0.1, 0.15) is 44.9 Å². The van der Waals surface area contributed by atoms with E-state index in [4.69, 9.17) is 16.3 Å². The molecule has 3 rings (SSSR count). The third-order valence-corrected chi connectivity index (χ3v) is 4.53. The molecule has 1 unspecified atom stereocenters. The highest BCUT2D eigenvalue weighted by Crippen LogP contribution is 2.29. The zero-order valence-corrected chi connectivity index (χ0v) is 12.0. The number of hydrogen-bond acceptors (Lipinski definition) is 3. The molecule has 2 heterocycles. The Balaban J connectivity index is 1.60. The van der Waals surface area contributed by atoms with Crippen LogP contribution in [0.4, 0.5) is 0 Å². The van der Waals surface area contributed by atoms with E-state index >= 15 is 0 Å². The van der Waals surface area contributed by atoms with Gasteiger partial charge in [-0.2, -0.15) is 5.10 Å². The van der Waals surface area contributed by atoms with Crippen molar-refractivity contribution in [2.24, 2.45) is 0 Å². The first-order chi connectivity index (χ1) is 9.33. The molecule has 1 aromatic heterocycles. The van der Waals surface area contributed by atoms with Gasteiger partial charge in [0.25, 0.3) is 0 Å². The quantitative estimate of drug-likeness (QED) is 0.923. The van der Waals surface area contributed by atoms with Crippen molar-refractivity contribution in [3.63, 3.8) is 0 Å². The van der Waals surface area contributed by atoms with Crippen LogP contribution in [0.2, 0.25) is 5.15 Å². The Labute approximate surface area is 119 Å². The molecule has 1 aliphatic carbocycles. The van der Waals surface area contributed by atoms with Crippen molar-refractivity contribution in [2.75, 3.05) is 6.54 Å². The fourth-order valence-corrected chi connectivity index (χ4v) is 3.25. The minimum atomic E-state index is 0.327. The van der Waals surface area contributed by atoms with Gasteiger partial charge >= 0.3 is 0 Å². The molecule has 4 nitrogen and oxygen atoms in total. The average Bonchev–Trinajstić information content (AvgIpc) is 3.05. The van der Waals surface area contributed by atoms with Crippen molar-refractivity contribution < 1.29 is 4.74 Å². The van der Waals surface area contributed by atoms with E-state index in [2.05, 4.69) is 10.4 Å². The fraction of sp³-hybridized carbons (Fsp3) is 0.786. The number of ether oxygens (including phenoxy) is 1. The van der Waals surface area contributed by atoms with Gasteiger partial charge in [-0.1, -0.05) is 18.0 Å². The van der Waals surface area contributed by atoms with Crippen molar-refractivity contribution in [1.82, 2.24) is 15.1 Å². The number of nitrogens with one attached hydrogen (secondary N) is 1. The third-order valence-electron chi connectivity index (χ3n) is 4.15. The molecule has 1 saturated heterocycles. The highest BCUT2D eigenvalue weighted by molar-refractivity contribution is 6.31. The predicted octanol–water partition coefficient (Wildman–Crippen LogP) is 3.00. The Morgan fingerprint density at radius 3 is 2.84 bits per heavy atom. The maximum atomic E-state index is 6.37. The summed E-state index contributed by atoms with van der Waals surface area (Å²) in [5, 5.41) is 8.48. The van der Waals surface area contributed by atoms with Crippen LogP contribution in [0.5, 0.6) is 5.75 Å². The number of rotatable bonds is 4. The van der Waals surface area contributed by atoms with Gasteiger partial charge in [0.15, 0.2) is 10.9 Å². The van der Waals surface area contributed by atoms with Crippen molar-refractivity contribution in [3.05, 3.63) is 11.3 Å². The second-order valence-corrected chi connectivity index (χ2v) is 6.01. The van der Waals surface area contributed by atoms with Crippen LogP contribution in [-0.4, -0.2) is 28.5 Å². The molecule has 2 fully saturated rings. The van der Waals surface area contributed by atoms with Crippen LogP contribution >= 0.6 is 11.6 Å². The SMILES string of the molecule is Clc1c(OC2CCCCC2)cnn1CC1CCCN1. The molecule has 106 valence electrons. The summed E-state index contributed by atoms with van der Waals surface area (Å²) < 4.78 is 7.86. The van der Waals surface area contributed by atoms with Crippen molar-refractivity contribution in [1.29, 1.82) is 0 Å².